The van der Waals surface area contributed by atoms with Crippen LogP contribution >= 0.6 is 0 Å². The first-order valence-corrected chi connectivity index (χ1v) is 9.65. The van der Waals surface area contributed by atoms with E-state index in [1.807, 2.05) is 44.2 Å². The molecule has 146 valence electrons. The first-order valence-electron chi connectivity index (χ1n) is 9.65. The lowest BCUT2D eigenvalue weighted by atomic mass is 9.99. The Morgan fingerprint density at radius 1 is 1.03 bits per heavy atom. The van der Waals surface area contributed by atoms with Crippen LogP contribution in [0.4, 0.5) is 5.82 Å². The molecule has 0 bridgehead atoms. The molecule has 1 aromatic carbocycles. The van der Waals surface area contributed by atoms with Gasteiger partial charge in [0, 0.05) is 36.2 Å². The fourth-order valence-electron chi connectivity index (χ4n) is 3.89. The molecular weight excluding hydrogens is 366 g/mol. The number of benzene rings is 1. The van der Waals surface area contributed by atoms with Crippen LogP contribution in [0, 0.1) is 19.8 Å². The van der Waals surface area contributed by atoms with Crippen molar-refractivity contribution in [1.29, 1.82) is 0 Å². The van der Waals surface area contributed by atoms with Crippen LogP contribution in [0.3, 0.4) is 0 Å². The third-order valence-electron chi connectivity index (χ3n) is 5.29. The number of aromatic nitrogens is 6. The molecule has 0 spiro atoms. The quantitative estimate of drug-likeness (QED) is 0.534. The van der Waals surface area contributed by atoms with E-state index in [0.29, 0.717) is 18.3 Å². The number of rotatable bonds is 4. The largest absolute Gasteiger partial charge is 0.355 e. The molecule has 0 atom stereocenters. The Morgan fingerprint density at radius 2 is 1.86 bits per heavy atom. The van der Waals surface area contributed by atoms with Gasteiger partial charge < -0.3 is 4.90 Å². The van der Waals surface area contributed by atoms with Crippen LogP contribution in [0.15, 0.2) is 53.6 Å². The molecular formula is C21H21N7O. The molecule has 3 aromatic heterocycles. The van der Waals surface area contributed by atoms with Gasteiger partial charge in [0.2, 0.25) is 0 Å². The monoisotopic (exact) mass is 387 g/mol. The molecule has 0 amide bonds. The van der Waals surface area contributed by atoms with E-state index in [4.69, 9.17) is 0 Å². The Hall–Kier alpha value is -3.55. The Bertz CT molecular complexity index is 1250. The average Bonchev–Trinajstić information content (AvgIpc) is 3.03. The van der Waals surface area contributed by atoms with Crippen LogP contribution in [0.5, 0.6) is 0 Å². The van der Waals surface area contributed by atoms with E-state index in [0.717, 1.165) is 41.2 Å². The highest BCUT2D eigenvalue weighted by Crippen LogP contribution is 2.29. The molecule has 29 heavy (non-hydrogen) atoms. The number of anilines is 1. The molecule has 1 saturated heterocycles. The molecule has 0 aliphatic carbocycles. The van der Waals surface area contributed by atoms with Crippen molar-refractivity contribution in [1.82, 2.24) is 29.5 Å². The maximum Gasteiger partial charge on any atom is 0.266 e. The van der Waals surface area contributed by atoms with Gasteiger partial charge in [0.05, 0.1) is 17.8 Å². The molecule has 1 aliphatic rings. The van der Waals surface area contributed by atoms with E-state index >= 15 is 0 Å². The molecule has 0 radical (unpaired) electrons. The molecule has 0 unspecified atom stereocenters. The van der Waals surface area contributed by atoms with Crippen molar-refractivity contribution in [2.75, 3.05) is 18.0 Å². The van der Waals surface area contributed by atoms with Crippen molar-refractivity contribution in [2.45, 2.75) is 20.4 Å². The predicted molar refractivity (Wildman–Crippen MR) is 110 cm³/mol. The van der Waals surface area contributed by atoms with Crippen molar-refractivity contribution in [2.24, 2.45) is 5.92 Å². The molecule has 1 aliphatic heterocycles. The van der Waals surface area contributed by atoms with Gasteiger partial charge >= 0.3 is 0 Å². The summed E-state index contributed by atoms with van der Waals surface area (Å²) in [6.45, 7) is 6.16. The molecule has 8 nitrogen and oxygen atoms in total. The topological polar surface area (TPSA) is 81.7 Å². The minimum absolute atomic E-state index is 0.0961. The summed E-state index contributed by atoms with van der Waals surface area (Å²) in [6, 6.07) is 13.3. The predicted octanol–water partition coefficient (Wildman–Crippen LogP) is 2.13. The standard InChI is InChI=1S/C21H21N7O/c1-14-9-15(2)28(24-14)19-7-8-20(29)27(25-19)12-16-10-26(11-16)21-17-5-3-4-6-18(17)22-13-23-21/h3-9,13,16H,10-12H2,1-2H3. The second kappa shape index (κ2) is 6.80. The lowest BCUT2D eigenvalue weighted by molar-refractivity contribution is 0.332. The molecule has 4 aromatic rings. The smallest absolute Gasteiger partial charge is 0.266 e. The fraction of sp³-hybridized carbons (Fsp3) is 0.286. The highest BCUT2D eigenvalue weighted by Gasteiger charge is 2.29. The third-order valence-corrected chi connectivity index (χ3v) is 5.29. The zero-order valence-corrected chi connectivity index (χ0v) is 16.4. The summed E-state index contributed by atoms with van der Waals surface area (Å²) in [4.78, 5) is 23.4. The minimum Gasteiger partial charge on any atom is -0.355 e. The van der Waals surface area contributed by atoms with Crippen molar-refractivity contribution >= 4 is 16.7 Å². The van der Waals surface area contributed by atoms with Gasteiger partial charge in [-0.1, -0.05) is 12.1 Å². The lowest BCUT2D eigenvalue weighted by Crippen LogP contribution is -2.50. The fourth-order valence-corrected chi connectivity index (χ4v) is 3.89. The van der Waals surface area contributed by atoms with Gasteiger partial charge in [0.25, 0.3) is 5.56 Å². The summed E-state index contributed by atoms with van der Waals surface area (Å²) in [6.07, 6.45) is 1.61. The van der Waals surface area contributed by atoms with E-state index in [2.05, 4.69) is 25.1 Å². The van der Waals surface area contributed by atoms with E-state index < -0.39 is 0 Å². The van der Waals surface area contributed by atoms with Crippen molar-refractivity contribution in [3.63, 3.8) is 0 Å². The normalized spacial score (nSPS) is 14.3. The Balaban J connectivity index is 1.34. The summed E-state index contributed by atoms with van der Waals surface area (Å²) < 4.78 is 3.32. The summed E-state index contributed by atoms with van der Waals surface area (Å²) in [5.41, 5.74) is 2.76. The average molecular weight is 387 g/mol. The van der Waals surface area contributed by atoms with E-state index in [1.54, 1.807) is 27.8 Å². The van der Waals surface area contributed by atoms with Gasteiger partial charge in [0.1, 0.15) is 12.1 Å². The number of fused-ring (bicyclic) bond motifs is 1. The first-order chi connectivity index (χ1) is 14.1. The highest BCUT2D eigenvalue weighted by molar-refractivity contribution is 5.89. The number of hydrogen-bond acceptors (Lipinski definition) is 6. The van der Waals surface area contributed by atoms with Crippen LogP contribution in [-0.2, 0) is 6.54 Å². The number of para-hydroxylation sites is 1. The second-order valence-corrected chi connectivity index (χ2v) is 7.54. The molecule has 0 saturated carbocycles. The summed E-state index contributed by atoms with van der Waals surface area (Å²) in [7, 11) is 0. The Morgan fingerprint density at radius 3 is 2.66 bits per heavy atom. The van der Waals surface area contributed by atoms with E-state index in [9.17, 15) is 4.79 Å². The Labute approximate surface area is 167 Å². The van der Waals surface area contributed by atoms with E-state index in [-0.39, 0.29) is 5.56 Å². The molecule has 1 fully saturated rings. The van der Waals surface area contributed by atoms with Gasteiger partial charge in [-0.3, -0.25) is 4.79 Å². The summed E-state index contributed by atoms with van der Waals surface area (Å²) in [5.74, 6) is 1.95. The molecule has 8 heteroatoms. The second-order valence-electron chi connectivity index (χ2n) is 7.54. The van der Waals surface area contributed by atoms with Gasteiger partial charge in [-0.2, -0.15) is 5.10 Å². The van der Waals surface area contributed by atoms with Crippen LogP contribution in [-0.4, -0.2) is 42.6 Å². The van der Waals surface area contributed by atoms with Gasteiger partial charge in [0.15, 0.2) is 5.82 Å². The van der Waals surface area contributed by atoms with Crippen LogP contribution in [0.2, 0.25) is 0 Å². The zero-order valence-electron chi connectivity index (χ0n) is 16.4. The van der Waals surface area contributed by atoms with E-state index in [1.165, 1.54) is 0 Å². The van der Waals surface area contributed by atoms with Crippen LogP contribution in [0.1, 0.15) is 11.4 Å². The lowest BCUT2D eigenvalue weighted by Gasteiger charge is -2.40. The van der Waals surface area contributed by atoms with Crippen LogP contribution < -0.4 is 10.5 Å². The third kappa shape index (κ3) is 3.16. The number of nitrogens with zero attached hydrogens (tertiary/aromatic N) is 7. The number of aryl methyl sites for hydroxylation is 2. The summed E-state index contributed by atoms with van der Waals surface area (Å²) in [5, 5.41) is 10.1. The number of hydrogen-bond donors (Lipinski definition) is 0. The van der Waals surface area contributed by atoms with Gasteiger partial charge in [-0.05, 0) is 38.1 Å². The zero-order chi connectivity index (χ0) is 20.0. The Kier molecular flexibility index (Phi) is 4.12. The van der Waals surface area contributed by atoms with Gasteiger partial charge in [-0.15, -0.1) is 5.10 Å². The molecule has 0 N–H and O–H groups in total. The SMILES string of the molecule is Cc1cc(C)n(-c2ccc(=O)n(CC3CN(c4ncnc5ccccc45)C3)n2)n1. The van der Waals surface area contributed by atoms with Crippen molar-refractivity contribution in [3.8, 4) is 5.82 Å². The minimum atomic E-state index is -0.0961. The van der Waals surface area contributed by atoms with Crippen molar-refractivity contribution < 1.29 is 0 Å². The summed E-state index contributed by atoms with van der Waals surface area (Å²) >= 11 is 0. The first kappa shape index (κ1) is 17.5. The maximum atomic E-state index is 12.3. The molecule has 5 rings (SSSR count). The highest BCUT2D eigenvalue weighted by atomic mass is 16.1. The molecule has 4 heterocycles. The maximum absolute atomic E-state index is 12.3. The van der Waals surface area contributed by atoms with Crippen molar-refractivity contribution in [3.05, 3.63) is 70.5 Å². The van der Waals surface area contributed by atoms with Gasteiger partial charge in [-0.25, -0.2) is 19.3 Å². The van der Waals surface area contributed by atoms with Crippen LogP contribution in [0.25, 0.3) is 16.7 Å².